The Balaban J connectivity index is 1.94. The summed E-state index contributed by atoms with van der Waals surface area (Å²) in [6, 6.07) is 3.73. The van der Waals surface area contributed by atoms with Gasteiger partial charge < -0.3 is 4.52 Å². The smallest absolute Gasteiger partial charge is 0.268 e. The molecular formula is C10H12ClN3O3S2. The van der Waals surface area contributed by atoms with Crippen molar-refractivity contribution in [1.82, 2.24) is 14.9 Å². The first-order valence-electron chi connectivity index (χ1n) is 5.50. The van der Waals surface area contributed by atoms with Crippen LogP contribution in [0.4, 0.5) is 0 Å². The predicted molar refractivity (Wildman–Crippen MR) is 73.6 cm³/mol. The molecule has 0 saturated heterocycles. The number of nitrogens with zero attached hydrogens (tertiary/aromatic N) is 2. The van der Waals surface area contributed by atoms with Gasteiger partial charge in [0, 0.05) is 5.88 Å². The fourth-order valence-corrected chi connectivity index (χ4v) is 3.27. The molecule has 0 amide bonds. The number of nitrogens with one attached hydrogen (secondary N) is 1. The molecule has 9 heteroatoms. The monoisotopic (exact) mass is 321 g/mol. The second-order valence-electron chi connectivity index (χ2n) is 3.68. The average molecular weight is 322 g/mol. The topological polar surface area (TPSA) is 85.1 Å². The summed E-state index contributed by atoms with van der Waals surface area (Å²) in [6.45, 7) is 0.0134. The summed E-state index contributed by atoms with van der Waals surface area (Å²) >= 11 is 6.93. The molecule has 1 N–H and O–H groups in total. The summed E-state index contributed by atoms with van der Waals surface area (Å²) in [6.07, 6.45) is 0.406. The fraction of sp³-hybridized carbons (Fsp3) is 0.400. The second-order valence-corrected chi connectivity index (χ2v) is 6.93. The van der Waals surface area contributed by atoms with E-state index in [0.29, 0.717) is 24.0 Å². The van der Waals surface area contributed by atoms with Gasteiger partial charge in [-0.25, -0.2) is 13.1 Å². The maximum atomic E-state index is 11.5. The van der Waals surface area contributed by atoms with Gasteiger partial charge in [-0.2, -0.15) is 4.98 Å². The Bertz CT molecular complexity index is 610. The van der Waals surface area contributed by atoms with E-state index in [1.165, 1.54) is 11.3 Å². The first-order chi connectivity index (χ1) is 9.11. The highest BCUT2D eigenvalue weighted by atomic mass is 35.5. The number of halogens is 1. The normalized spacial score (nSPS) is 11.8. The minimum absolute atomic E-state index is 0.00780. The Morgan fingerprint density at radius 3 is 3.00 bits per heavy atom. The van der Waals surface area contributed by atoms with Gasteiger partial charge in [0.25, 0.3) is 5.89 Å². The molecule has 0 saturated carbocycles. The van der Waals surface area contributed by atoms with E-state index in [4.69, 9.17) is 16.1 Å². The van der Waals surface area contributed by atoms with Gasteiger partial charge in [-0.1, -0.05) is 11.2 Å². The van der Waals surface area contributed by atoms with Crippen molar-refractivity contribution < 1.29 is 12.9 Å². The Kier molecular flexibility index (Phi) is 4.92. The van der Waals surface area contributed by atoms with Crippen LogP contribution in [-0.2, 0) is 16.6 Å². The highest BCUT2D eigenvalue weighted by molar-refractivity contribution is 7.89. The van der Waals surface area contributed by atoms with Crippen LogP contribution in [0, 0.1) is 0 Å². The van der Waals surface area contributed by atoms with E-state index >= 15 is 0 Å². The minimum atomic E-state index is -3.34. The second kappa shape index (κ2) is 6.47. The van der Waals surface area contributed by atoms with Crippen LogP contribution < -0.4 is 4.72 Å². The number of hydrogen-bond acceptors (Lipinski definition) is 6. The zero-order valence-electron chi connectivity index (χ0n) is 9.87. The highest BCUT2D eigenvalue weighted by Crippen LogP contribution is 2.22. The molecule has 0 spiro atoms. The zero-order chi connectivity index (χ0) is 13.7. The van der Waals surface area contributed by atoms with Crippen LogP contribution in [0.3, 0.4) is 0 Å². The summed E-state index contributed by atoms with van der Waals surface area (Å²) in [5.41, 5.74) is 0. The molecule has 6 nitrogen and oxygen atoms in total. The first kappa shape index (κ1) is 14.4. The maximum Gasteiger partial charge on any atom is 0.268 e. The number of thiophene rings is 1. The lowest BCUT2D eigenvalue weighted by atomic mass is 10.5. The van der Waals surface area contributed by atoms with Crippen molar-refractivity contribution in [3.8, 4) is 10.8 Å². The van der Waals surface area contributed by atoms with Crippen molar-refractivity contribution in [2.45, 2.75) is 13.0 Å². The third-order valence-corrected chi connectivity index (χ3v) is 4.73. The zero-order valence-corrected chi connectivity index (χ0v) is 12.3. The standard InChI is InChI=1S/C10H12ClN3O3S2/c11-4-2-6-19(15,16)12-7-9-13-10(17-14-9)8-3-1-5-18-8/h1,3,5,12H,2,4,6-7H2. The fourth-order valence-electron chi connectivity index (χ4n) is 1.32. The molecule has 104 valence electrons. The Hall–Kier alpha value is -0.960. The Morgan fingerprint density at radius 1 is 1.47 bits per heavy atom. The average Bonchev–Trinajstić information content (AvgIpc) is 3.04. The number of sulfonamides is 1. The Labute approximate surface area is 119 Å². The number of alkyl halides is 1. The van der Waals surface area contributed by atoms with Crippen LogP contribution in [0.15, 0.2) is 22.0 Å². The summed E-state index contributed by atoms with van der Waals surface area (Å²) < 4.78 is 30.5. The highest BCUT2D eigenvalue weighted by Gasteiger charge is 2.13. The third kappa shape index (κ3) is 4.27. The molecule has 0 radical (unpaired) electrons. The lowest BCUT2D eigenvalue weighted by Gasteiger charge is -2.02. The molecule has 2 aromatic rings. The molecule has 2 heterocycles. The first-order valence-corrected chi connectivity index (χ1v) is 8.57. The van der Waals surface area contributed by atoms with Crippen LogP contribution in [0.5, 0.6) is 0 Å². The van der Waals surface area contributed by atoms with Crippen LogP contribution >= 0.6 is 22.9 Å². The number of hydrogen-bond donors (Lipinski definition) is 1. The van der Waals surface area contributed by atoms with E-state index in [9.17, 15) is 8.42 Å². The van der Waals surface area contributed by atoms with Crippen molar-refractivity contribution in [2.24, 2.45) is 0 Å². The van der Waals surface area contributed by atoms with E-state index < -0.39 is 10.0 Å². The van der Waals surface area contributed by atoms with Gasteiger partial charge in [0.1, 0.15) is 0 Å². The van der Waals surface area contributed by atoms with Gasteiger partial charge in [0.2, 0.25) is 10.0 Å². The SMILES string of the molecule is O=S(=O)(CCCCl)NCc1noc(-c2cccs2)n1. The molecule has 0 bridgehead atoms. The molecule has 0 aromatic carbocycles. The predicted octanol–water partition coefficient (Wildman–Crippen LogP) is 1.85. The van der Waals surface area contributed by atoms with Gasteiger partial charge in [-0.05, 0) is 17.9 Å². The molecule has 2 aromatic heterocycles. The van der Waals surface area contributed by atoms with Crippen LogP contribution in [0.1, 0.15) is 12.2 Å². The van der Waals surface area contributed by atoms with Crippen LogP contribution in [-0.4, -0.2) is 30.2 Å². The summed E-state index contributed by atoms with van der Waals surface area (Å²) in [4.78, 5) is 4.97. The minimum Gasteiger partial charge on any atom is -0.333 e. The van der Waals surface area contributed by atoms with Gasteiger partial charge in [0.15, 0.2) is 5.82 Å². The van der Waals surface area contributed by atoms with Gasteiger partial charge >= 0.3 is 0 Å². The molecule has 0 atom stereocenters. The van der Waals surface area contributed by atoms with Crippen LogP contribution in [0.2, 0.25) is 0 Å². The van der Waals surface area contributed by atoms with Crippen molar-refractivity contribution in [3.05, 3.63) is 23.3 Å². The quantitative estimate of drug-likeness (QED) is 0.787. The van der Waals surface area contributed by atoms with E-state index in [2.05, 4.69) is 14.9 Å². The van der Waals surface area contributed by atoms with E-state index in [1.54, 1.807) is 0 Å². The van der Waals surface area contributed by atoms with E-state index in [1.807, 2.05) is 17.5 Å². The molecule has 0 unspecified atom stereocenters. The lowest BCUT2D eigenvalue weighted by Crippen LogP contribution is -2.26. The molecular weight excluding hydrogens is 310 g/mol. The molecule has 0 fully saturated rings. The van der Waals surface area contributed by atoms with Crippen molar-refractivity contribution in [1.29, 1.82) is 0 Å². The number of aromatic nitrogens is 2. The number of rotatable bonds is 7. The Morgan fingerprint density at radius 2 is 2.32 bits per heavy atom. The maximum absolute atomic E-state index is 11.5. The van der Waals surface area contributed by atoms with Crippen molar-refractivity contribution in [3.63, 3.8) is 0 Å². The third-order valence-electron chi connectivity index (χ3n) is 2.20. The molecule has 0 aliphatic heterocycles. The van der Waals surface area contributed by atoms with Gasteiger partial charge in [-0.15, -0.1) is 22.9 Å². The van der Waals surface area contributed by atoms with Crippen molar-refractivity contribution >= 4 is 33.0 Å². The molecule has 0 aliphatic rings. The molecule has 0 aliphatic carbocycles. The van der Waals surface area contributed by atoms with Gasteiger partial charge in [0.05, 0.1) is 17.2 Å². The van der Waals surface area contributed by atoms with Crippen molar-refractivity contribution in [2.75, 3.05) is 11.6 Å². The molecule has 19 heavy (non-hydrogen) atoms. The van der Waals surface area contributed by atoms with E-state index in [0.717, 1.165) is 4.88 Å². The summed E-state index contributed by atoms with van der Waals surface area (Å²) in [7, 11) is -3.34. The van der Waals surface area contributed by atoms with Crippen LogP contribution in [0.25, 0.3) is 10.8 Å². The van der Waals surface area contributed by atoms with Gasteiger partial charge in [-0.3, -0.25) is 0 Å². The van der Waals surface area contributed by atoms with E-state index in [-0.39, 0.29) is 12.3 Å². The largest absolute Gasteiger partial charge is 0.333 e. The summed E-state index contributed by atoms with van der Waals surface area (Å²) in [5.74, 6) is 1.00. The lowest BCUT2D eigenvalue weighted by molar-refractivity contribution is 0.422. The summed E-state index contributed by atoms with van der Waals surface area (Å²) in [5, 5.41) is 5.62. The molecule has 2 rings (SSSR count).